The molecule has 0 amide bonds. The zero-order valence-electron chi connectivity index (χ0n) is 18.8. The highest BCUT2D eigenvalue weighted by Crippen LogP contribution is 2.42. The van der Waals surface area contributed by atoms with Gasteiger partial charge in [-0.3, -0.25) is 0 Å². The monoisotopic (exact) mass is 440 g/mol. The van der Waals surface area contributed by atoms with Crippen LogP contribution in [0.3, 0.4) is 0 Å². The molecule has 0 aliphatic carbocycles. The Morgan fingerprint density at radius 3 is 2.59 bits per heavy atom. The number of phenolic OH excluding ortho intramolecular Hbond substituents is 1. The van der Waals surface area contributed by atoms with Crippen molar-refractivity contribution in [3.05, 3.63) is 53.6 Å². The number of phenols is 1. The van der Waals surface area contributed by atoms with Crippen LogP contribution in [-0.4, -0.2) is 49.3 Å². The summed E-state index contributed by atoms with van der Waals surface area (Å²) < 4.78 is 11.3. The zero-order chi connectivity index (χ0) is 22.4. The average Bonchev–Trinajstić information content (AvgIpc) is 2.83. The maximum absolute atomic E-state index is 10.5. The lowest BCUT2D eigenvalue weighted by Crippen LogP contribution is -2.23. The largest absolute Gasteiger partial charge is 0.506 e. The van der Waals surface area contributed by atoms with Gasteiger partial charge in [0.1, 0.15) is 18.0 Å². The quantitative estimate of drug-likeness (QED) is 0.349. The van der Waals surface area contributed by atoms with E-state index in [0.717, 1.165) is 58.3 Å². The molecule has 3 rings (SSSR count). The lowest BCUT2D eigenvalue weighted by Gasteiger charge is -2.20. The van der Waals surface area contributed by atoms with E-state index in [4.69, 9.17) is 9.47 Å². The van der Waals surface area contributed by atoms with Crippen LogP contribution in [0.2, 0.25) is 0 Å². The van der Waals surface area contributed by atoms with E-state index in [-0.39, 0.29) is 5.75 Å². The van der Waals surface area contributed by atoms with Crippen molar-refractivity contribution in [2.24, 2.45) is 4.99 Å². The molecule has 0 spiro atoms. The Bertz CT molecular complexity index is 826. The third kappa shape index (κ3) is 7.93. The molecular formula is C26H36N2O4. The second kappa shape index (κ2) is 13.9. The molecular weight excluding hydrogens is 404 g/mol. The molecule has 6 nitrogen and oxygen atoms in total. The van der Waals surface area contributed by atoms with Crippen LogP contribution in [0.4, 0.5) is 5.69 Å². The van der Waals surface area contributed by atoms with Crippen molar-refractivity contribution in [3.8, 4) is 11.5 Å². The molecule has 0 bridgehead atoms. The van der Waals surface area contributed by atoms with Crippen molar-refractivity contribution < 1.29 is 19.7 Å². The van der Waals surface area contributed by atoms with E-state index in [2.05, 4.69) is 40.6 Å². The molecule has 1 heterocycles. The van der Waals surface area contributed by atoms with Crippen molar-refractivity contribution in [2.45, 2.75) is 51.0 Å². The van der Waals surface area contributed by atoms with Gasteiger partial charge in [0.25, 0.3) is 0 Å². The summed E-state index contributed by atoms with van der Waals surface area (Å²) in [6.45, 7) is 3.34. The van der Waals surface area contributed by atoms with Gasteiger partial charge in [0.05, 0.1) is 6.10 Å². The number of nitrogens with zero attached hydrogens (tertiary/aromatic N) is 1. The number of aliphatic imine (C=N–C) groups is 1. The fourth-order valence-corrected chi connectivity index (χ4v) is 3.80. The van der Waals surface area contributed by atoms with Gasteiger partial charge in [0.15, 0.2) is 5.75 Å². The highest BCUT2D eigenvalue weighted by atomic mass is 16.5. The smallest absolute Gasteiger partial charge is 0.155 e. The number of fused-ring (bicyclic) bond motifs is 1. The predicted octanol–water partition coefficient (Wildman–Crippen LogP) is 4.71. The summed E-state index contributed by atoms with van der Waals surface area (Å²) in [4.78, 5) is 4.17. The third-order valence-electron chi connectivity index (χ3n) is 5.60. The van der Waals surface area contributed by atoms with Gasteiger partial charge in [-0.25, -0.2) is 4.99 Å². The van der Waals surface area contributed by atoms with Crippen LogP contribution in [0, 0.1) is 0 Å². The number of ether oxygens (including phenoxy) is 2. The van der Waals surface area contributed by atoms with E-state index >= 15 is 0 Å². The fraction of sp³-hybridized carbons (Fsp3) is 0.500. The van der Waals surface area contributed by atoms with E-state index in [1.165, 1.54) is 12.0 Å². The lowest BCUT2D eigenvalue weighted by atomic mass is 10.1. The number of hydrogen-bond donors (Lipinski definition) is 3. The maximum Gasteiger partial charge on any atom is 0.155 e. The molecule has 0 saturated carbocycles. The summed E-state index contributed by atoms with van der Waals surface area (Å²) in [5.74, 6) is 0.540. The molecule has 174 valence electrons. The Morgan fingerprint density at radius 1 is 0.969 bits per heavy atom. The standard InChI is InChI=1S/C26H36N2O4/c29-23-14-13-22(26-25(23)28-16-19-32-26)24(30)20-27-15-7-1-2-8-17-31-18-9-6-12-21-10-4-3-5-11-21/h3-5,10-11,13-14,16,24,27,29-30H,1-2,6-9,12,15,17-20H2. The number of aromatic hydroxyl groups is 1. The molecule has 32 heavy (non-hydrogen) atoms. The number of unbranched alkanes of at least 4 members (excludes halogenated alkanes) is 4. The number of benzene rings is 2. The molecule has 2 aromatic rings. The number of aryl methyl sites for hydroxylation is 1. The molecule has 3 N–H and O–H groups in total. The topological polar surface area (TPSA) is 83.3 Å². The lowest BCUT2D eigenvalue weighted by molar-refractivity contribution is 0.126. The summed E-state index contributed by atoms with van der Waals surface area (Å²) in [6, 6.07) is 13.9. The van der Waals surface area contributed by atoms with Crippen LogP contribution in [0.5, 0.6) is 11.5 Å². The highest BCUT2D eigenvalue weighted by Gasteiger charge is 2.21. The first-order valence-electron chi connectivity index (χ1n) is 11.8. The third-order valence-corrected chi connectivity index (χ3v) is 5.60. The van der Waals surface area contributed by atoms with Crippen molar-refractivity contribution >= 4 is 11.9 Å². The van der Waals surface area contributed by atoms with E-state index in [1.54, 1.807) is 18.3 Å². The minimum atomic E-state index is -0.701. The van der Waals surface area contributed by atoms with Gasteiger partial charge < -0.3 is 25.0 Å². The van der Waals surface area contributed by atoms with Crippen LogP contribution < -0.4 is 10.1 Å². The van der Waals surface area contributed by atoms with Crippen LogP contribution in [0.25, 0.3) is 0 Å². The predicted molar refractivity (Wildman–Crippen MR) is 128 cm³/mol. The van der Waals surface area contributed by atoms with Gasteiger partial charge in [-0.05, 0) is 56.3 Å². The number of rotatable bonds is 15. The van der Waals surface area contributed by atoms with E-state index in [0.29, 0.717) is 30.2 Å². The van der Waals surface area contributed by atoms with Gasteiger partial charge in [0.2, 0.25) is 0 Å². The van der Waals surface area contributed by atoms with Gasteiger partial charge >= 0.3 is 0 Å². The molecule has 1 unspecified atom stereocenters. The number of aliphatic hydroxyl groups is 1. The van der Waals surface area contributed by atoms with Gasteiger partial charge in [-0.2, -0.15) is 0 Å². The van der Waals surface area contributed by atoms with E-state index in [1.807, 2.05) is 0 Å². The van der Waals surface area contributed by atoms with Crippen LogP contribution >= 0.6 is 0 Å². The van der Waals surface area contributed by atoms with E-state index < -0.39 is 6.10 Å². The Labute approximate surface area is 191 Å². The van der Waals surface area contributed by atoms with Crippen molar-refractivity contribution in [1.82, 2.24) is 5.32 Å². The Kier molecular flexibility index (Phi) is 10.5. The zero-order valence-corrected chi connectivity index (χ0v) is 18.8. The van der Waals surface area contributed by atoms with Gasteiger partial charge in [-0.1, -0.05) is 43.2 Å². The second-order valence-electron chi connectivity index (χ2n) is 8.16. The Morgan fingerprint density at radius 2 is 1.75 bits per heavy atom. The van der Waals surface area contributed by atoms with Gasteiger partial charge in [0, 0.05) is 31.5 Å². The highest BCUT2D eigenvalue weighted by molar-refractivity contribution is 5.76. The first-order chi connectivity index (χ1) is 15.8. The summed E-state index contributed by atoms with van der Waals surface area (Å²) in [6.07, 6.45) is 8.79. The first-order valence-corrected chi connectivity index (χ1v) is 11.8. The van der Waals surface area contributed by atoms with Gasteiger partial charge in [-0.15, -0.1) is 0 Å². The molecule has 0 saturated heterocycles. The molecule has 0 aromatic heterocycles. The van der Waals surface area contributed by atoms with Crippen molar-refractivity contribution in [1.29, 1.82) is 0 Å². The molecule has 0 fully saturated rings. The summed E-state index contributed by atoms with van der Waals surface area (Å²) in [5.41, 5.74) is 2.45. The fourth-order valence-electron chi connectivity index (χ4n) is 3.80. The van der Waals surface area contributed by atoms with Crippen molar-refractivity contribution in [3.63, 3.8) is 0 Å². The minimum Gasteiger partial charge on any atom is -0.506 e. The normalized spacial score (nSPS) is 13.5. The van der Waals surface area contributed by atoms with E-state index in [9.17, 15) is 10.2 Å². The maximum atomic E-state index is 10.5. The summed E-state index contributed by atoms with van der Waals surface area (Å²) >= 11 is 0. The first kappa shape index (κ1) is 24.2. The van der Waals surface area contributed by atoms with Crippen LogP contribution in [0.1, 0.15) is 55.8 Å². The molecule has 2 aromatic carbocycles. The molecule has 6 heteroatoms. The summed E-state index contributed by atoms with van der Waals surface area (Å²) in [5, 5.41) is 23.7. The Hall–Kier alpha value is -2.41. The van der Waals surface area contributed by atoms with Crippen molar-refractivity contribution in [2.75, 3.05) is 32.9 Å². The molecule has 0 radical (unpaired) electrons. The van der Waals surface area contributed by atoms with Crippen LogP contribution in [0.15, 0.2) is 47.5 Å². The number of aliphatic hydroxyl groups excluding tert-OH is 1. The summed E-state index contributed by atoms with van der Waals surface area (Å²) in [7, 11) is 0. The number of nitrogens with one attached hydrogen (secondary N) is 1. The SMILES string of the molecule is Oc1ccc(C(O)CNCCCCCCOCCCCc2ccccc2)c2c1N=CCO2. The Balaban J connectivity index is 1.16. The van der Waals surface area contributed by atoms with Crippen LogP contribution in [-0.2, 0) is 11.2 Å². The average molecular weight is 441 g/mol. The minimum absolute atomic E-state index is 0.0658. The molecule has 1 atom stereocenters. The molecule has 1 aliphatic rings. The second-order valence-corrected chi connectivity index (χ2v) is 8.16. The molecule has 1 aliphatic heterocycles. The number of hydrogen-bond acceptors (Lipinski definition) is 6.